The van der Waals surface area contributed by atoms with E-state index in [0.29, 0.717) is 31.4 Å². The van der Waals surface area contributed by atoms with Crippen molar-refractivity contribution in [3.05, 3.63) is 41.0 Å². The van der Waals surface area contributed by atoms with Gasteiger partial charge in [-0.05, 0) is 30.7 Å². The molecule has 0 spiro atoms. The molecule has 2 N–H and O–H groups in total. The van der Waals surface area contributed by atoms with Crippen LogP contribution in [0.15, 0.2) is 18.2 Å². The summed E-state index contributed by atoms with van der Waals surface area (Å²) >= 11 is 0. The Bertz CT molecular complexity index is 1070. The second-order valence-corrected chi connectivity index (χ2v) is 9.20. The van der Waals surface area contributed by atoms with Crippen LogP contribution in [-0.4, -0.2) is 52.9 Å². The zero-order chi connectivity index (χ0) is 24.7. The summed E-state index contributed by atoms with van der Waals surface area (Å²) in [5, 5.41) is 5.23. The SMILES string of the molecule is CNC(=O)C(NC(=O)c1nc(-c2ccc(C(F)(F)F)cc2F)n2c1CN(C)CC2)C(C)(C)C. The Morgan fingerprint density at radius 3 is 2.36 bits per heavy atom. The second-order valence-electron chi connectivity index (χ2n) is 9.20. The number of halogens is 4. The van der Waals surface area contributed by atoms with E-state index in [2.05, 4.69) is 15.6 Å². The number of carbonyl (C=O) groups is 2. The summed E-state index contributed by atoms with van der Waals surface area (Å²) in [6.07, 6.45) is -4.68. The van der Waals surface area contributed by atoms with Crippen LogP contribution in [0.25, 0.3) is 11.4 Å². The molecule has 1 aromatic carbocycles. The summed E-state index contributed by atoms with van der Waals surface area (Å²) in [5.74, 6) is -2.01. The molecule has 2 amide bonds. The number of carbonyl (C=O) groups excluding carboxylic acids is 2. The number of likely N-dealkylation sites (N-methyl/N-ethyl adjacent to an activating group) is 2. The highest BCUT2D eigenvalue weighted by molar-refractivity contribution is 5.98. The van der Waals surface area contributed by atoms with E-state index in [9.17, 15) is 27.2 Å². The van der Waals surface area contributed by atoms with E-state index in [0.717, 1.165) is 12.1 Å². The van der Waals surface area contributed by atoms with Crippen molar-refractivity contribution in [2.75, 3.05) is 20.6 Å². The van der Waals surface area contributed by atoms with Crippen LogP contribution >= 0.6 is 0 Å². The number of rotatable bonds is 4. The topological polar surface area (TPSA) is 79.3 Å². The fourth-order valence-electron chi connectivity index (χ4n) is 3.77. The predicted octanol–water partition coefficient (Wildman–Crippen LogP) is 3.04. The zero-order valence-corrected chi connectivity index (χ0v) is 19.1. The van der Waals surface area contributed by atoms with Crippen LogP contribution in [-0.2, 0) is 24.1 Å². The van der Waals surface area contributed by atoms with Gasteiger partial charge in [-0.2, -0.15) is 13.2 Å². The molecule has 1 aliphatic rings. The van der Waals surface area contributed by atoms with Crippen molar-refractivity contribution in [3.8, 4) is 11.4 Å². The molecule has 1 unspecified atom stereocenters. The molecule has 3 rings (SSSR count). The van der Waals surface area contributed by atoms with E-state index < -0.39 is 34.9 Å². The fourth-order valence-corrected chi connectivity index (χ4v) is 3.77. The number of nitrogens with one attached hydrogen (secondary N) is 2. The lowest BCUT2D eigenvalue weighted by molar-refractivity contribution is -0.137. The van der Waals surface area contributed by atoms with E-state index in [1.54, 1.807) is 25.3 Å². The first-order valence-electron chi connectivity index (χ1n) is 10.4. The fraction of sp³-hybridized carbons (Fsp3) is 0.500. The number of alkyl halides is 3. The Kier molecular flexibility index (Phi) is 6.56. The van der Waals surface area contributed by atoms with Gasteiger partial charge in [0.15, 0.2) is 5.69 Å². The van der Waals surface area contributed by atoms with Crippen LogP contribution in [0.2, 0.25) is 0 Å². The Morgan fingerprint density at radius 2 is 1.82 bits per heavy atom. The molecule has 2 aromatic rings. The highest BCUT2D eigenvalue weighted by Gasteiger charge is 2.36. The third-order valence-corrected chi connectivity index (χ3v) is 5.60. The number of hydrogen-bond donors (Lipinski definition) is 2. The average molecular weight is 469 g/mol. The number of fused-ring (bicyclic) bond motifs is 1. The van der Waals surface area contributed by atoms with Crippen molar-refractivity contribution in [1.82, 2.24) is 25.1 Å². The molecule has 1 aliphatic heterocycles. The van der Waals surface area contributed by atoms with Gasteiger partial charge in [0.2, 0.25) is 5.91 Å². The monoisotopic (exact) mass is 469 g/mol. The van der Waals surface area contributed by atoms with E-state index in [1.165, 1.54) is 7.05 Å². The molecule has 0 bridgehead atoms. The molecule has 0 saturated carbocycles. The van der Waals surface area contributed by atoms with Crippen LogP contribution in [0.3, 0.4) is 0 Å². The summed E-state index contributed by atoms with van der Waals surface area (Å²) in [6, 6.07) is 1.37. The maximum Gasteiger partial charge on any atom is 0.416 e. The highest BCUT2D eigenvalue weighted by atomic mass is 19.4. The number of hydrogen-bond acceptors (Lipinski definition) is 4. The number of nitrogens with zero attached hydrogens (tertiary/aromatic N) is 3. The first kappa shape index (κ1) is 24.7. The Morgan fingerprint density at radius 1 is 1.15 bits per heavy atom. The molecule has 7 nitrogen and oxygen atoms in total. The molecular weight excluding hydrogens is 442 g/mol. The number of benzene rings is 1. The average Bonchev–Trinajstić information content (AvgIpc) is 3.08. The van der Waals surface area contributed by atoms with E-state index in [-0.39, 0.29) is 23.0 Å². The number of aromatic nitrogens is 2. The minimum Gasteiger partial charge on any atom is -0.357 e. The molecule has 0 aliphatic carbocycles. The summed E-state index contributed by atoms with van der Waals surface area (Å²) < 4.78 is 55.3. The smallest absolute Gasteiger partial charge is 0.357 e. The summed E-state index contributed by atoms with van der Waals surface area (Å²) in [6.45, 7) is 6.69. The third-order valence-electron chi connectivity index (χ3n) is 5.60. The molecule has 1 atom stereocenters. The molecule has 0 fully saturated rings. The second kappa shape index (κ2) is 8.77. The van der Waals surface area contributed by atoms with Crippen LogP contribution in [0, 0.1) is 11.2 Å². The first-order chi connectivity index (χ1) is 15.2. The van der Waals surface area contributed by atoms with Crippen LogP contribution < -0.4 is 10.6 Å². The van der Waals surface area contributed by atoms with E-state index in [4.69, 9.17) is 0 Å². The molecule has 11 heteroatoms. The number of imidazole rings is 1. The van der Waals surface area contributed by atoms with Gasteiger partial charge < -0.3 is 15.2 Å². The van der Waals surface area contributed by atoms with Crippen LogP contribution in [0.1, 0.15) is 42.5 Å². The lowest BCUT2D eigenvalue weighted by Gasteiger charge is -2.30. The van der Waals surface area contributed by atoms with Gasteiger partial charge in [-0.25, -0.2) is 9.37 Å². The maximum absolute atomic E-state index is 14.7. The molecule has 33 heavy (non-hydrogen) atoms. The van der Waals surface area contributed by atoms with Gasteiger partial charge in [-0.1, -0.05) is 20.8 Å². The Hall–Kier alpha value is -2.95. The van der Waals surface area contributed by atoms with Crippen molar-refractivity contribution in [2.24, 2.45) is 5.41 Å². The zero-order valence-electron chi connectivity index (χ0n) is 19.1. The number of amides is 2. The van der Waals surface area contributed by atoms with Crippen molar-refractivity contribution >= 4 is 11.8 Å². The van der Waals surface area contributed by atoms with E-state index >= 15 is 0 Å². The summed E-state index contributed by atoms with van der Waals surface area (Å²) in [7, 11) is 3.31. The lowest BCUT2D eigenvalue weighted by atomic mass is 9.86. The first-order valence-corrected chi connectivity index (χ1v) is 10.4. The third kappa shape index (κ3) is 5.02. The van der Waals surface area contributed by atoms with Crippen LogP contribution in [0.5, 0.6) is 0 Å². The van der Waals surface area contributed by atoms with Crippen molar-refractivity contribution in [3.63, 3.8) is 0 Å². The maximum atomic E-state index is 14.7. The molecule has 1 aromatic heterocycles. The molecule has 0 saturated heterocycles. The molecule has 180 valence electrons. The summed E-state index contributed by atoms with van der Waals surface area (Å²) in [4.78, 5) is 31.8. The minimum atomic E-state index is -4.68. The van der Waals surface area contributed by atoms with E-state index in [1.807, 2.05) is 11.9 Å². The largest absolute Gasteiger partial charge is 0.416 e. The van der Waals surface area contributed by atoms with Gasteiger partial charge in [-0.3, -0.25) is 14.5 Å². The summed E-state index contributed by atoms with van der Waals surface area (Å²) in [5.41, 5.74) is -1.33. The standard InChI is InChI=1S/C22H27F4N5O2/c1-21(2,3)17(20(33)27-4)29-19(32)16-15-11-30(5)8-9-31(15)18(28-16)13-7-6-12(10-14(13)23)22(24,25)26/h6-7,10,17H,8-9,11H2,1-5H3,(H,27,33)(H,29,32). The van der Waals surface area contributed by atoms with Crippen molar-refractivity contribution < 1.29 is 27.2 Å². The quantitative estimate of drug-likeness (QED) is 0.675. The lowest BCUT2D eigenvalue weighted by Crippen LogP contribution is -2.53. The minimum absolute atomic E-state index is 0.00833. The van der Waals surface area contributed by atoms with Crippen molar-refractivity contribution in [1.29, 1.82) is 0 Å². The Balaban J connectivity index is 2.07. The van der Waals surface area contributed by atoms with Gasteiger partial charge in [0.1, 0.15) is 17.7 Å². The van der Waals surface area contributed by atoms with Crippen LogP contribution in [0.4, 0.5) is 17.6 Å². The normalized spacial score (nSPS) is 15.7. The molecular formula is C22H27F4N5O2. The Labute approximate surface area is 189 Å². The van der Waals surface area contributed by atoms with Gasteiger partial charge in [-0.15, -0.1) is 0 Å². The van der Waals surface area contributed by atoms with Gasteiger partial charge in [0.05, 0.1) is 16.8 Å². The predicted molar refractivity (Wildman–Crippen MR) is 114 cm³/mol. The van der Waals surface area contributed by atoms with Gasteiger partial charge in [0, 0.05) is 26.7 Å². The molecule has 0 radical (unpaired) electrons. The van der Waals surface area contributed by atoms with Crippen molar-refractivity contribution in [2.45, 2.75) is 46.1 Å². The van der Waals surface area contributed by atoms with Gasteiger partial charge in [0.25, 0.3) is 5.91 Å². The highest BCUT2D eigenvalue weighted by Crippen LogP contribution is 2.34. The molecule has 2 heterocycles. The van der Waals surface area contributed by atoms with Gasteiger partial charge >= 0.3 is 6.18 Å².